The van der Waals surface area contributed by atoms with Crippen LogP contribution in [0.4, 0.5) is 5.69 Å². The normalized spacial score (nSPS) is 10.1. The number of thioether (sulfide) groups is 1. The van der Waals surface area contributed by atoms with Gasteiger partial charge in [-0.15, -0.1) is 11.8 Å². The minimum atomic E-state index is -0.394. The molecule has 0 bridgehead atoms. The number of likely N-dealkylation sites (N-methyl/N-ethyl adjacent to an activating group) is 1. The zero-order valence-electron chi connectivity index (χ0n) is 9.10. The van der Waals surface area contributed by atoms with Crippen molar-refractivity contribution in [1.82, 2.24) is 5.32 Å². The standard InChI is InChI=1S/C11H14N2O2S/c1-9(7-12-2)8-16-11-5-3-10(4-6-11)13(14)15/h3-6,12H,1,7-8H2,2H3. The van der Waals surface area contributed by atoms with E-state index in [9.17, 15) is 10.1 Å². The molecule has 1 aromatic carbocycles. The first-order valence-electron chi connectivity index (χ1n) is 4.82. The van der Waals surface area contributed by atoms with Gasteiger partial charge >= 0.3 is 0 Å². The highest BCUT2D eigenvalue weighted by Crippen LogP contribution is 2.22. The molecule has 0 aliphatic rings. The van der Waals surface area contributed by atoms with Gasteiger partial charge in [-0.2, -0.15) is 0 Å². The van der Waals surface area contributed by atoms with Crippen molar-refractivity contribution in [2.45, 2.75) is 4.90 Å². The van der Waals surface area contributed by atoms with E-state index in [2.05, 4.69) is 11.9 Å². The molecule has 0 saturated carbocycles. The lowest BCUT2D eigenvalue weighted by Crippen LogP contribution is -2.10. The fourth-order valence-electron chi connectivity index (χ4n) is 1.15. The maximum Gasteiger partial charge on any atom is 0.269 e. The summed E-state index contributed by atoms with van der Waals surface area (Å²) in [5, 5.41) is 13.5. The van der Waals surface area contributed by atoms with Crippen LogP contribution in [0.2, 0.25) is 0 Å². The van der Waals surface area contributed by atoms with Crippen LogP contribution in [0.25, 0.3) is 0 Å². The van der Waals surface area contributed by atoms with Crippen LogP contribution in [0.5, 0.6) is 0 Å². The molecule has 0 aromatic heterocycles. The van der Waals surface area contributed by atoms with E-state index in [4.69, 9.17) is 0 Å². The summed E-state index contributed by atoms with van der Waals surface area (Å²) in [6.45, 7) is 4.71. The van der Waals surface area contributed by atoms with Crippen LogP contribution in [0, 0.1) is 10.1 Å². The molecule has 0 spiro atoms. The minimum absolute atomic E-state index is 0.124. The molecular weight excluding hydrogens is 224 g/mol. The summed E-state index contributed by atoms with van der Waals surface area (Å²) >= 11 is 1.63. The first kappa shape index (κ1) is 12.7. The number of nitro groups is 1. The molecule has 0 radical (unpaired) electrons. The van der Waals surface area contributed by atoms with E-state index in [-0.39, 0.29) is 5.69 Å². The molecule has 1 rings (SSSR count). The Kier molecular flexibility index (Phi) is 5.01. The van der Waals surface area contributed by atoms with E-state index in [0.29, 0.717) is 0 Å². The van der Waals surface area contributed by atoms with Crippen LogP contribution >= 0.6 is 11.8 Å². The van der Waals surface area contributed by atoms with Crippen LogP contribution in [-0.4, -0.2) is 24.3 Å². The van der Waals surface area contributed by atoms with Gasteiger partial charge in [-0.25, -0.2) is 0 Å². The average molecular weight is 238 g/mol. The lowest BCUT2D eigenvalue weighted by molar-refractivity contribution is -0.384. The Hall–Kier alpha value is -1.33. The first-order chi connectivity index (χ1) is 7.63. The third-order valence-electron chi connectivity index (χ3n) is 1.92. The molecule has 0 unspecified atom stereocenters. The van der Waals surface area contributed by atoms with Gasteiger partial charge in [-0.05, 0) is 19.2 Å². The Morgan fingerprint density at radius 3 is 2.62 bits per heavy atom. The molecule has 0 saturated heterocycles. The summed E-state index contributed by atoms with van der Waals surface area (Å²) < 4.78 is 0. The van der Waals surface area contributed by atoms with E-state index in [0.717, 1.165) is 22.8 Å². The van der Waals surface area contributed by atoms with Crippen LogP contribution in [0.3, 0.4) is 0 Å². The second kappa shape index (κ2) is 6.30. The second-order valence-corrected chi connectivity index (χ2v) is 4.37. The number of hydrogen-bond acceptors (Lipinski definition) is 4. The Morgan fingerprint density at radius 1 is 1.50 bits per heavy atom. The summed E-state index contributed by atoms with van der Waals surface area (Å²) in [5.74, 6) is 0.818. The van der Waals surface area contributed by atoms with Gasteiger partial charge in [-0.1, -0.05) is 12.2 Å². The first-order valence-corrected chi connectivity index (χ1v) is 5.80. The van der Waals surface area contributed by atoms with Gasteiger partial charge in [-0.3, -0.25) is 10.1 Å². The lowest BCUT2D eigenvalue weighted by Gasteiger charge is -2.04. The number of nitrogens with one attached hydrogen (secondary N) is 1. The zero-order chi connectivity index (χ0) is 12.0. The zero-order valence-corrected chi connectivity index (χ0v) is 9.92. The summed E-state index contributed by atoms with van der Waals surface area (Å²) in [7, 11) is 1.88. The molecule has 1 N–H and O–H groups in total. The van der Waals surface area contributed by atoms with Crippen molar-refractivity contribution in [3.05, 3.63) is 46.5 Å². The fourth-order valence-corrected chi connectivity index (χ4v) is 1.95. The van der Waals surface area contributed by atoms with E-state index in [1.807, 2.05) is 7.05 Å². The van der Waals surface area contributed by atoms with Crippen LogP contribution in [0.1, 0.15) is 0 Å². The molecule has 86 valence electrons. The maximum atomic E-state index is 10.4. The topological polar surface area (TPSA) is 55.2 Å². The van der Waals surface area contributed by atoms with Gasteiger partial charge in [0.15, 0.2) is 0 Å². The van der Waals surface area contributed by atoms with Crippen molar-refractivity contribution in [3.8, 4) is 0 Å². The second-order valence-electron chi connectivity index (χ2n) is 3.32. The molecule has 0 atom stereocenters. The van der Waals surface area contributed by atoms with E-state index < -0.39 is 4.92 Å². The maximum absolute atomic E-state index is 10.4. The predicted octanol–water partition coefficient (Wildman–Crippen LogP) is 2.46. The molecule has 5 heteroatoms. The Balaban J connectivity index is 2.49. The molecule has 0 aliphatic heterocycles. The number of rotatable bonds is 6. The molecule has 0 fully saturated rings. The van der Waals surface area contributed by atoms with Crippen LogP contribution in [-0.2, 0) is 0 Å². The van der Waals surface area contributed by atoms with Crippen molar-refractivity contribution in [2.75, 3.05) is 19.3 Å². The van der Waals surface area contributed by atoms with Gasteiger partial charge in [0.25, 0.3) is 5.69 Å². The summed E-state index contributed by atoms with van der Waals surface area (Å²) in [5.41, 5.74) is 1.23. The molecule has 0 aliphatic carbocycles. The highest BCUT2D eigenvalue weighted by atomic mass is 32.2. The van der Waals surface area contributed by atoms with Gasteiger partial charge in [0.1, 0.15) is 0 Å². The monoisotopic (exact) mass is 238 g/mol. The van der Waals surface area contributed by atoms with Crippen molar-refractivity contribution in [2.24, 2.45) is 0 Å². The Bertz CT molecular complexity index is 376. The van der Waals surface area contributed by atoms with Crippen LogP contribution < -0.4 is 5.32 Å². The predicted molar refractivity (Wildman–Crippen MR) is 66.9 cm³/mol. The number of benzene rings is 1. The van der Waals surface area contributed by atoms with Gasteiger partial charge in [0, 0.05) is 29.3 Å². The van der Waals surface area contributed by atoms with Crippen molar-refractivity contribution in [1.29, 1.82) is 0 Å². The minimum Gasteiger partial charge on any atom is -0.316 e. The highest BCUT2D eigenvalue weighted by molar-refractivity contribution is 7.99. The van der Waals surface area contributed by atoms with Crippen molar-refractivity contribution in [3.63, 3.8) is 0 Å². The van der Waals surface area contributed by atoms with Gasteiger partial charge < -0.3 is 5.32 Å². The SMILES string of the molecule is C=C(CNC)CSc1ccc([N+](=O)[O-])cc1. The highest BCUT2D eigenvalue weighted by Gasteiger charge is 2.04. The van der Waals surface area contributed by atoms with E-state index >= 15 is 0 Å². The van der Waals surface area contributed by atoms with Crippen molar-refractivity contribution >= 4 is 17.4 Å². The third kappa shape index (κ3) is 4.04. The smallest absolute Gasteiger partial charge is 0.269 e. The summed E-state index contributed by atoms with van der Waals surface area (Å²) in [4.78, 5) is 11.1. The Labute approximate surface area is 98.9 Å². The molecule has 16 heavy (non-hydrogen) atoms. The number of nitrogens with zero attached hydrogens (tertiary/aromatic N) is 1. The van der Waals surface area contributed by atoms with E-state index in [1.165, 1.54) is 12.1 Å². The average Bonchev–Trinajstić information content (AvgIpc) is 2.27. The Morgan fingerprint density at radius 2 is 2.12 bits per heavy atom. The largest absolute Gasteiger partial charge is 0.316 e. The third-order valence-corrected chi connectivity index (χ3v) is 3.08. The summed E-state index contributed by atoms with van der Waals surface area (Å²) in [6, 6.07) is 6.55. The molecule has 0 amide bonds. The van der Waals surface area contributed by atoms with Gasteiger partial charge in [0.2, 0.25) is 0 Å². The lowest BCUT2D eigenvalue weighted by atomic mass is 10.3. The quantitative estimate of drug-likeness (QED) is 0.358. The summed E-state index contributed by atoms with van der Waals surface area (Å²) in [6.07, 6.45) is 0. The van der Waals surface area contributed by atoms with Crippen LogP contribution in [0.15, 0.2) is 41.3 Å². The van der Waals surface area contributed by atoms with E-state index in [1.54, 1.807) is 23.9 Å². The fraction of sp³-hybridized carbons (Fsp3) is 0.273. The molecule has 1 aromatic rings. The molecule has 4 nitrogen and oxygen atoms in total. The van der Waals surface area contributed by atoms with Crippen molar-refractivity contribution < 1.29 is 4.92 Å². The number of nitro benzene ring substituents is 1. The molecule has 0 heterocycles. The van der Waals surface area contributed by atoms with Gasteiger partial charge in [0.05, 0.1) is 4.92 Å². The number of hydrogen-bond donors (Lipinski definition) is 1. The molecular formula is C11H14N2O2S. The number of non-ortho nitro benzene ring substituents is 1.